The van der Waals surface area contributed by atoms with E-state index in [-0.39, 0.29) is 31.1 Å². The van der Waals surface area contributed by atoms with Crippen molar-refractivity contribution in [1.29, 1.82) is 0 Å². The Balaban J connectivity index is 1.70. The normalized spacial score (nSPS) is 15.8. The number of aryl methyl sites for hydroxylation is 1. The number of aromatic nitrogens is 2. The summed E-state index contributed by atoms with van der Waals surface area (Å²) in [6.45, 7) is 3.37. The third-order valence-corrected chi connectivity index (χ3v) is 6.07. The van der Waals surface area contributed by atoms with Gasteiger partial charge in [-0.05, 0) is 31.5 Å². The first-order chi connectivity index (χ1) is 12.7. The molecule has 1 saturated heterocycles. The van der Waals surface area contributed by atoms with Gasteiger partial charge in [-0.15, -0.1) is 11.3 Å². The molecule has 0 unspecified atom stereocenters. The molecular formula is C19H17ClFN3O2S. The van der Waals surface area contributed by atoms with Crippen molar-refractivity contribution in [2.24, 2.45) is 0 Å². The van der Waals surface area contributed by atoms with Gasteiger partial charge < -0.3 is 9.47 Å². The maximum Gasteiger partial charge on any atom is 0.260 e. The van der Waals surface area contributed by atoms with Crippen molar-refractivity contribution in [2.45, 2.75) is 26.1 Å². The molecule has 27 heavy (non-hydrogen) atoms. The van der Waals surface area contributed by atoms with Crippen LogP contribution in [0.15, 0.2) is 34.7 Å². The van der Waals surface area contributed by atoms with Crippen LogP contribution >= 0.6 is 22.9 Å². The number of rotatable bonds is 3. The van der Waals surface area contributed by atoms with E-state index >= 15 is 0 Å². The van der Waals surface area contributed by atoms with E-state index in [0.717, 1.165) is 21.4 Å². The Bertz CT molecular complexity index is 1110. The Labute approximate surface area is 164 Å². The van der Waals surface area contributed by atoms with Gasteiger partial charge in [0.2, 0.25) is 5.91 Å². The van der Waals surface area contributed by atoms with Crippen LogP contribution in [-0.4, -0.2) is 39.1 Å². The number of hydrogen-bond acceptors (Lipinski definition) is 4. The Kier molecular flexibility index (Phi) is 4.31. The molecule has 140 valence electrons. The molecule has 1 aliphatic heterocycles. The number of likely N-dealkylation sites (tertiary alicyclic amines) is 1. The highest BCUT2D eigenvalue weighted by molar-refractivity contribution is 7.17. The lowest BCUT2D eigenvalue weighted by Gasteiger charge is -2.42. The third kappa shape index (κ3) is 3.26. The van der Waals surface area contributed by atoms with Crippen molar-refractivity contribution < 1.29 is 9.18 Å². The Morgan fingerprint density at radius 1 is 1.44 bits per heavy atom. The molecule has 1 aliphatic rings. The lowest BCUT2D eigenvalue weighted by atomic mass is 9.99. The van der Waals surface area contributed by atoms with Crippen LogP contribution in [0.25, 0.3) is 21.2 Å². The monoisotopic (exact) mass is 405 g/mol. The summed E-state index contributed by atoms with van der Waals surface area (Å²) in [5.74, 6) is -0.257. The molecule has 3 aromatic heterocycles. The standard InChI is InChI=1S/C19H17ClFN3O2S/c1-11-5-12(6-22-17(11)20)13-8-27-14-3-4-23(18(26)16(13)14)7-15(25)24-9-19(2,21)10-24/h3-6,8H,7,9-10H2,1-2H3. The molecule has 1 amide bonds. The Hall–Kier alpha value is -2.25. The van der Waals surface area contributed by atoms with Crippen molar-refractivity contribution in [3.63, 3.8) is 0 Å². The van der Waals surface area contributed by atoms with E-state index < -0.39 is 5.67 Å². The van der Waals surface area contributed by atoms with E-state index in [1.807, 2.05) is 24.4 Å². The topological polar surface area (TPSA) is 55.2 Å². The summed E-state index contributed by atoms with van der Waals surface area (Å²) in [5, 5.41) is 2.89. The molecule has 0 bridgehead atoms. The second-order valence-corrected chi connectivity index (χ2v) is 8.40. The van der Waals surface area contributed by atoms with E-state index in [9.17, 15) is 14.0 Å². The van der Waals surface area contributed by atoms with Crippen molar-refractivity contribution in [2.75, 3.05) is 13.1 Å². The molecule has 8 heteroatoms. The first kappa shape index (κ1) is 18.1. The van der Waals surface area contributed by atoms with E-state index in [2.05, 4.69) is 4.98 Å². The highest BCUT2D eigenvalue weighted by atomic mass is 35.5. The average molecular weight is 406 g/mol. The molecule has 3 aromatic rings. The van der Waals surface area contributed by atoms with Crippen molar-refractivity contribution in [3.8, 4) is 11.1 Å². The number of nitrogens with zero attached hydrogens (tertiary/aromatic N) is 3. The van der Waals surface area contributed by atoms with Gasteiger partial charge in [-0.3, -0.25) is 9.59 Å². The summed E-state index contributed by atoms with van der Waals surface area (Å²) in [7, 11) is 0. The Morgan fingerprint density at radius 2 is 2.19 bits per heavy atom. The van der Waals surface area contributed by atoms with Crippen LogP contribution < -0.4 is 5.56 Å². The van der Waals surface area contributed by atoms with Gasteiger partial charge >= 0.3 is 0 Å². The van der Waals surface area contributed by atoms with E-state index in [0.29, 0.717) is 10.5 Å². The molecule has 0 radical (unpaired) electrons. The summed E-state index contributed by atoms with van der Waals surface area (Å²) in [4.78, 5) is 30.9. The van der Waals surface area contributed by atoms with Crippen LogP contribution in [-0.2, 0) is 11.3 Å². The first-order valence-corrected chi connectivity index (χ1v) is 9.71. The number of fused-ring (bicyclic) bond motifs is 1. The van der Waals surface area contributed by atoms with Crippen molar-refractivity contribution >= 4 is 38.9 Å². The van der Waals surface area contributed by atoms with Gasteiger partial charge in [-0.1, -0.05) is 11.6 Å². The largest absolute Gasteiger partial charge is 0.335 e. The Morgan fingerprint density at radius 3 is 2.85 bits per heavy atom. The predicted octanol–water partition coefficient (Wildman–Crippen LogP) is 3.66. The van der Waals surface area contributed by atoms with Gasteiger partial charge in [0.1, 0.15) is 17.4 Å². The van der Waals surface area contributed by atoms with Gasteiger partial charge in [-0.2, -0.15) is 0 Å². The molecule has 5 nitrogen and oxygen atoms in total. The number of amides is 1. The van der Waals surface area contributed by atoms with Gasteiger partial charge in [0.15, 0.2) is 0 Å². The molecule has 0 N–H and O–H groups in total. The SMILES string of the molecule is Cc1cc(-c2csc3ccn(CC(=O)N4CC(C)(F)C4)c(=O)c23)cnc1Cl. The third-order valence-electron chi connectivity index (χ3n) is 4.72. The molecule has 1 fully saturated rings. The number of hydrogen-bond donors (Lipinski definition) is 0. The fourth-order valence-corrected chi connectivity index (χ4v) is 4.36. The van der Waals surface area contributed by atoms with Gasteiger partial charge in [-0.25, -0.2) is 9.37 Å². The van der Waals surface area contributed by atoms with Crippen molar-refractivity contribution in [3.05, 3.63) is 51.0 Å². The second kappa shape index (κ2) is 6.42. The molecule has 0 aromatic carbocycles. The van der Waals surface area contributed by atoms with Gasteiger partial charge in [0.25, 0.3) is 5.56 Å². The average Bonchev–Trinajstić information content (AvgIpc) is 3.02. The summed E-state index contributed by atoms with van der Waals surface area (Å²) in [5.41, 5.74) is 0.833. The minimum absolute atomic E-state index is 0.0717. The van der Waals surface area contributed by atoms with Crippen LogP contribution in [0.4, 0.5) is 4.39 Å². The lowest BCUT2D eigenvalue weighted by molar-refractivity contribution is -0.144. The number of halogens is 2. The van der Waals surface area contributed by atoms with Crippen LogP contribution in [0, 0.1) is 6.92 Å². The number of thiophene rings is 1. The maximum atomic E-state index is 13.6. The molecular weight excluding hydrogens is 389 g/mol. The minimum Gasteiger partial charge on any atom is -0.335 e. The van der Waals surface area contributed by atoms with Crippen LogP contribution in [0.5, 0.6) is 0 Å². The number of carbonyl (C=O) groups is 1. The molecule has 0 spiro atoms. The summed E-state index contributed by atoms with van der Waals surface area (Å²) in [6, 6.07) is 3.71. The summed E-state index contributed by atoms with van der Waals surface area (Å²) < 4.78 is 15.8. The fraction of sp³-hybridized carbons (Fsp3) is 0.316. The number of carbonyl (C=O) groups excluding carboxylic acids is 1. The van der Waals surface area contributed by atoms with Gasteiger partial charge in [0.05, 0.1) is 18.5 Å². The highest BCUT2D eigenvalue weighted by Gasteiger charge is 2.41. The molecule has 0 aliphatic carbocycles. The van der Waals surface area contributed by atoms with Crippen LogP contribution in [0.1, 0.15) is 12.5 Å². The molecule has 0 atom stereocenters. The molecule has 0 saturated carbocycles. The first-order valence-electron chi connectivity index (χ1n) is 8.45. The zero-order valence-electron chi connectivity index (χ0n) is 14.8. The van der Waals surface area contributed by atoms with E-state index in [1.165, 1.54) is 27.7 Å². The summed E-state index contributed by atoms with van der Waals surface area (Å²) >= 11 is 7.46. The quantitative estimate of drug-likeness (QED) is 0.625. The van der Waals surface area contributed by atoms with Crippen LogP contribution in [0.2, 0.25) is 5.15 Å². The summed E-state index contributed by atoms with van der Waals surface area (Å²) in [6.07, 6.45) is 3.25. The predicted molar refractivity (Wildman–Crippen MR) is 105 cm³/mol. The zero-order chi connectivity index (χ0) is 19.3. The highest BCUT2D eigenvalue weighted by Crippen LogP contribution is 2.32. The van der Waals surface area contributed by atoms with Crippen molar-refractivity contribution in [1.82, 2.24) is 14.5 Å². The van der Waals surface area contributed by atoms with E-state index in [4.69, 9.17) is 11.6 Å². The van der Waals surface area contributed by atoms with E-state index in [1.54, 1.807) is 12.4 Å². The fourth-order valence-electron chi connectivity index (χ4n) is 3.30. The smallest absolute Gasteiger partial charge is 0.260 e. The molecule has 4 rings (SSSR count). The second-order valence-electron chi connectivity index (χ2n) is 7.13. The molecule has 4 heterocycles. The van der Waals surface area contributed by atoms with Gasteiger partial charge in [0, 0.05) is 33.6 Å². The maximum absolute atomic E-state index is 13.6. The van der Waals surface area contributed by atoms with Crippen LogP contribution in [0.3, 0.4) is 0 Å². The number of alkyl halides is 1. The minimum atomic E-state index is -1.33. The number of pyridine rings is 2. The zero-order valence-corrected chi connectivity index (χ0v) is 16.4. The lowest BCUT2D eigenvalue weighted by Crippen LogP contribution is -2.60.